The molecule has 0 amide bonds. The van der Waals surface area contributed by atoms with Gasteiger partial charge in [-0.3, -0.25) is 13.9 Å². The van der Waals surface area contributed by atoms with Crippen LogP contribution in [0, 0.1) is 6.92 Å². The molecule has 10 heteroatoms. The van der Waals surface area contributed by atoms with E-state index in [0.717, 1.165) is 26.9 Å². The Balaban J connectivity index is 1.30. The first-order valence-corrected chi connectivity index (χ1v) is 11.0. The topological polar surface area (TPSA) is 119 Å². The number of nitrogens with one attached hydrogen (secondary N) is 2. The normalized spacial score (nSPS) is 13.6. The summed E-state index contributed by atoms with van der Waals surface area (Å²) in [6.45, 7) is 5.13. The fourth-order valence-corrected chi connectivity index (χ4v) is 3.98. The number of aliphatic hydroxyl groups excluding tert-OH is 1. The van der Waals surface area contributed by atoms with Crippen LogP contribution in [-0.4, -0.2) is 54.1 Å². The van der Waals surface area contributed by atoms with Crippen LogP contribution in [0.4, 0.5) is 0 Å². The van der Waals surface area contributed by atoms with Gasteiger partial charge in [0, 0.05) is 49.8 Å². The zero-order valence-electron chi connectivity index (χ0n) is 19.3. The largest absolute Gasteiger partial charge is 0.490 e. The van der Waals surface area contributed by atoms with Gasteiger partial charge in [-0.1, -0.05) is 6.07 Å². The van der Waals surface area contributed by atoms with Crippen molar-refractivity contribution in [3.8, 4) is 5.75 Å². The third-order valence-corrected chi connectivity index (χ3v) is 5.91. The molecule has 0 unspecified atom stereocenters. The van der Waals surface area contributed by atoms with E-state index >= 15 is 0 Å². The second-order valence-corrected chi connectivity index (χ2v) is 8.55. The summed E-state index contributed by atoms with van der Waals surface area (Å²) >= 11 is 0. The molecule has 4 rings (SSSR count). The van der Waals surface area contributed by atoms with Crippen molar-refractivity contribution in [1.29, 1.82) is 0 Å². The first-order chi connectivity index (χ1) is 15.8. The molecule has 1 aromatic carbocycles. The lowest BCUT2D eigenvalue weighted by Crippen LogP contribution is -2.38. The molecule has 2 atom stereocenters. The van der Waals surface area contributed by atoms with Crippen LogP contribution in [0.1, 0.15) is 19.0 Å². The number of rotatable bonds is 9. The van der Waals surface area contributed by atoms with Crippen LogP contribution < -0.4 is 21.3 Å². The van der Waals surface area contributed by atoms with Crippen molar-refractivity contribution in [2.24, 2.45) is 14.1 Å². The van der Waals surface area contributed by atoms with Gasteiger partial charge in [0.1, 0.15) is 18.5 Å². The van der Waals surface area contributed by atoms with Gasteiger partial charge in [0.05, 0.1) is 6.33 Å². The van der Waals surface area contributed by atoms with Crippen molar-refractivity contribution < 1.29 is 9.84 Å². The summed E-state index contributed by atoms with van der Waals surface area (Å²) in [5, 5.41) is 14.7. The van der Waals surface area contributed by atoms with Crippen LogP contribution in [0.15, 0.2) is 40.2 Å². The average Bonchev–Trinajstić information content (AvgIpc) is 3.40. The lowest BCUT2D eigenvalue weighted by molar-refractivity contribution is 0.104. The molecular weight excluding hydrogens is 424 g/mol. The Morgan fingerprint density at radius 1 is 1.24 bits per heavy atom. The molecule has 4 aromatic rings. The molecule has 0 radical (unpaired) electrons. The van der Waals surface area contributed by atoms with E-state index in [-0.39, 0.29) is 18.2 Å². The fourth-order valence-electron chi connectivity index (χ4n) is 3.98. The van der Waals surface area contributed by atoms with Crippen molar-refractivity contribution in [3.05, 3.63) is 57.1 Å². The number of nitrogens with zero attached hydrogens (tertiary/aromatic N) is 4. The number of benzene rings is 1. The monoisotopic (exact) mass is 454 g/mol. The number of H-pyrrole nitrogens is 1. The maximum atomic E-state index is 12.5. The van der Waals surface area contributed by atoms with Crippen molar-refractivity contribution in [3.63, 3.8) is 0 Å². The van der Waals surface area contributed by atoms with E-state index in [0.29, 0.717) is 30.7 Å². The molecule has 0 fully saturated rings. The number of aromatic nitrogens is 5. The Kier molecular flexibility index (Phi) is 6.39. The molecule has 0 aliphatic heterocycles. The van der Waals surface area contributed by atoms with Crippen LogP contribution in [0.2, 0.25) is 0 Å². The average molecular weight is 455 g/mol. The molecule has 3 N–H and O–H groups in total. The third kappa shape index (κ3) is 4.57. The van der Waals surface area contributed by atoms with Gasteiger partial charge in [-0.05, 0) is 38.5 Å². The number of aliphatic hydroxyl groups is 1. The van der Waals surface area contributed by atoms with E-state index in [4.69, 9.17) is 4.74 Å². The summed E-state index contributed by atoms with van der Waals surface area (Å²) in [7, 11) is 3.07. The van der Waals surface area contributed by atoms with Gasteiger partial charge in [-0.15, -0.1) is 0 Å². The SMILES string of the molecule is Cc1cc2c(OC[C@H](O)CN[C@@H](C)CCn3cnc4c3c(=O)n(C)c(=O)n4C)cccc2[nH]1. The van der Waals surface area contributed by atoms with Crippen LogP contribution in [0.3, 0.4) is 0 Å². The highest BCUT2D eigenvalue weighted by Gasteiger charge is 2.15. The lowest BCUT2D eigenvalue weighted by Gasteiger charge is -2.18. The van der Waals surface area contributed by atoms with Crippen LogP contribution in [-0.2, 0) is 20.6 Å². The summed E-state index contributed by atoms with van der Waals surface area (Å²) in [6, 6.07) is 7.93. The number of imidazole rings is 1. The minimum Gasteiger partial charge on any atom is -0.490 e. The number of hydrogen-bond donors (Lipinski definition) is 3. The zero-order valence-corrected chi connectivity index (χ0v) is 19.3. The van der Waals surface area contributed by atoms with Crippen LogP contribution >= 0.6 is 0 Å². The van der Waals surface area contributed by atoms with Crippen LogP contribution in [0.25, 0.3) is 22.1 Å². The molecule has 0 saturated carbocycles. The van der Waals surface area contributed by atoms with Crippen molar-refractivity contribution in [2.75, 3.05) is 13.2 Å². The van der Waals surface area contributed by atoms with E-state index in [1.165, 1.54) is 11.6 Å². The number of aryl methyl sites for hydroxylation is 3. The maximum absolute atomic E-state index is 12.5. The number of aromatic amines is 1. The second kappa shape index (κ2) is 9.24. The van der Waals surface area contributed by atoms with Crippen molar-refractivity contribution in [1.82, 2.24) is 29.0 Å². The summed E-state index contributed by atoms with van der Waals surface area (Å²) in [5.41, 5.74) is 2.10. The van der Waals surface area contributed by atoms with Crippen molar-refractivity contribution >= 4 is 22.1 Å². The zero-order chi connectivity index (χ0) is 23.7. The van der Waals surface area contributed by atoms with E-state index in [1.54, 1.807) is 17.9 Å². The quantitative estimate of drug-likeness (QED) is 0.348. The second-order valence-electron chi connectivity index (χ2n) is 8.55. The van der Waals surface area contributed by atoms with Crippen molar-refractivity contribution in [2.45, 2.75) is 39.0 Å². The van der Waals surface area contributed by atoms with Gasteiger partial charge in [0.15, 0.2) is 11.2 Å². The van der Waals surface area contributed by atoms with Gasteiger partial charge >= 0.3 is 5.69 Å². The number of hydrogen-bond acceptors (Lipinski definition) is 6. The molecule has 0 spiro atoms. The maximum Gasteiger partial charge on any atom is 0.332 e. The van der Waals surface area contributed by atoms with Gasteiger partial charge < -0.3 is 24.7 Å². The molecule has 0 bridgehead atoms. The minimum atomic E-state index is -0.668. The molecule has 0 aliphatic carbocycles. The molecule has 0 aliphatic rings. The smallest absolute Gasteiger partial charge is 0.332 e. The first-order valence-electron chi connectivity index (χ1n) is 11.0. The number of fused-ring (bicyclic) bond motifs is 2. The highest BCUT2D eigenvalue weighted by molar-refractivity contribution is 5.86. The summed E-state index contributed by atoms with van der Waals surface area (Å²) in [4.78, 5) is 32.1. The summed E-state index contributed by atoms with van der Waals surface area (Å²) < 4.78 is 10.1. The summed E-state index contributed by atoms with van der Waals surface area (Å²) in [5.74, 6) is 0.743. The standard InChI is InChI=1S/C23H30N6O4/c1-14(8-9-29-13-25-21-20(29)22(31)28(4)23(32)27(21)3)24-11-16(30)12-33-19-7-5-6-18-17(19)10-15(2)26-18/h5-7,10,13-14,16,24,26,30H,8-9,11-12H2,1-4H3/t14-,16+/m0/s1. The minimum absolute atomic E-state index is 0.0873. The van der Waals surface area contributed by atoms with E-state index in [2.05, 4.69) is 15.3 Å². The Bertz CT molecular complexity index is 1400. The van der Waals surface area contributed by atoms with Gasteiger partial charge in [-0.25, -0.2) is 9.78 Å². The van der Waals surface area contributed by atoms with E-state index < -0.39 is 11.8 Å². The highest BCUT2D eigenvalue weighted by atomic mass is 16.5. The van der Waals surface area contributed by atoms with Gasteiger partial charge in [0.25, 0.3) is 5.56 Å². The molecule has 10 nitrogen and oxygen atoms in total. The molecular formula is C23H30N6O4. The fraction of sp³-hybridized carbons (Fsp3) is 0.435. The Hall–Kier alpha value is -3.37. The lowest BCUT2D eigenvalue weighted by atomic mass is 10.2. The van der Waals surface area contributed by atoms with Gasteiger partial charge in [-0.2, -0.15) is 0 Å². The Morgan fingerprint density at radius 3 is 2.82 bits per heavy atom. The Morgan fingerprint density at radius 2 is 2.03 bits per heavy atom. The molecule has 0 saturated heterocycles. The van der Waals surface area contributed by atoms with Crippen LogP contribution in [0.5, 0.6) is 5.75 Å². The summed E-state index contributed by atoms with van der Waals surface area (Å²) in [6.07, 6.45) is 1.63. The molecule has 3 heterocycles. The first kappa shape index (κ1) is 22.8. The number of ether oxygens (including phenoxy) is 1. The molecule has 33 heavy (non-hydrogen) atoms. The predicted molar refractivity (Wildman–Crippen MR) is 127 cm³/mol. The third-order valence-electron chi connectivity index (χ3n) is 5.91. The van der Waals surface area contributed by atoms with E-state index in [9.17, 15) is 14.7 Å². The Labute approximate surface area is 190 Å². The predicted octanol–water partition coefficient (Wildman–Crippen LogP) is 1.03. The molecule has 176 valence electrons. The van der Waals surface area contributed by atoms with E-state index in [1.807, 2.05) is 38.1 Å². The molecule has 3 aromatic heterocycles. The van der Waals surface area contributed by atoms with Gasteiger partial charge in [0.2, 0.25) is 0 Å². The highest BCUT2D eigenvalue weighted by Crippen LogP contribution is 2.26.